The van der Waals surface area contributed by atoms with Crippen molar-refractivity contribution in [2.45, 2.75) is 18.3 Å². The van der Waals surface area contributed by atoms with Crippen LogP contribution in [0.5, 0.6) is 5.75 Å². The normalized spacial score (nSPS) is 18.0. The molecule has 4 heteroatoms. The number of phenolic OH excluding ortho intramolecular Hbond substituents is 1. The second-order valence-corrected chi connectivity index (χ2v) is 4.18. The van der Waals surface area contributed by atoms with E-state index in [2.05, 4.69) is 6.07 Å². The van der Waals surface area contributed by atoms with Gasteiger partial charge in [-0.05, 0) is 18.2 Å². The number of ketones is 1. The number of nitrogens with zero attached hydrogens (tertiary/aromatic N) is 1. The van der Waals surface area contributed by atoms with Gasteiger partial charge in [-0.2, -0.15) is 5.26 Å². The Morgan fingerprint density at radius 2 is 2.13 bits per heavy atom. The van der Waals surface area contributed by atoms with Crippen molar-refractivity contribution in [3.63, 3.8) is 0 Å². The van der Waals surface area contributed by atoms with E-state index in [0.717, 1.165) is 0 Å². The summed E-state index contributed by atoms with van der Waals surface area (Å²) in [7, 11) is 0. The predicted molar refractivity (Wildman–Crippen MR) is 54.6 cm³/mol. The molecule has 1 aliphatic carbocycles. The van der Waals surface area contributed by atoms with Crippen molar-refractivity contribution in [3.8, 4) is 11.8 Å². The Hall–Kier alpha value is -1.53. The van der Waals surface area contributed by atoms with E-state index in [1.54, 1.807) is 12.1 Å². The number of carbonyl (C=O) groups excluding carboxylic acids is 1. The fraction of sp³-hybridized carbons (Fsp3) is 0.273. The van der Waals surface area contributed by atoms with Crippen LogP contribution in [0, 0.1) is 11.3 Å². The zero-order valence-corrected chi connectivity index (χ0v) is 8.58. The molecule has 15 heavy (non-hydrogen) atoms. The monoisotopic (exact) mass is 221 g/mol. The number of nitriles is 1. The molecule has 1 aromatic carbocycles. The molecule has 0 saturated heterocycles. The minimum absolute atomic E-state index is 0.0217. The molecule has 76 valence electrons. The number of hydrogen-bond donors (Lipinski definition) is 1. The lowest BCUT2D eigenvalue weighted by Crippen LogP contribution is -2.40. The summed E-state index contributed by atoms with van der Waals surface area (Å²) in [5, 5.41) is 19.2. The molecular weight excluding hydrogens is 214 g/mol. The lowest BCUT2D eigenvalue weighted by atomic mass is 9.64. The van der Waals surface area contributed by atoms with Crippen molar-refractivity contribution in [2.75, 3.05) is 0 Å². The van der Waals surface area contributed by atoms with Gasteiger partial charge in [0.2, 0.25) is 0 Å². The SMILES string of the molecule is N#CC1(c2cc(Cl)ccc2O)CC(=O)C1. The quantitative estimate of drug-likeness (QED) is 0.791. The van der Waals surface area contributed by atoms with Crippen LogP contribution in [0.4, 0.5) is 0 Å². The fourth-order valence-corrected chi connectivity index (χ4v) is 2.01. The van der Waals surface area contributed by atoms with Crippen LogP contribution in [0.1, 0.15) is 18.4 Å². The second-order valence-electron chi connectivity index (χ2n) is 3.75. The standard InChI is InChI=1S/C11H8ClNO2/c12-7-1-2-10(15)9(3-7)11(6-13)4-8(14)5-11/h1-3,15H,4-5H2. The molecular formula is C11H8ClNO2. The van der Waals surface area contributed by atoms with Gasteiger partial charge in [0.05, 0.1) is 11.5 Å². The van der Waals surface area contributed by atoms with Crippen molar-refractivity contribution in [1.82, 2.24) is 0 Å². The van der Waals surface area contributed by atoms with Gasteiger partial charge in [0.15, 0.2) is 0 Å². The smallest absolute Gasteiger partial charge is 0.136 e. The van der Waals surface area contributed by atoms with Crippen molar-refractivity contribution in [3.05, 3.63) is 28.8 Å². The number of benzene rings is 1. The Bertz CT molecular complexity index is 468. The molecule has 0 atom stereocenters. The minimum atomic E-state index is -0.869. The Labute approximate surface area is 91.9 Å². The molecule has 1 aliphatic rings. The van der Waals surface area contributed by atoms with Gasteiger partial charge in [-0.15, -0.1) is 0 Å². The van der Waals surface area contributed by atoms with Gasteiger partial charge >= 0.3 is 0 Å². The first-order chi connectivity index (χ1) is 7.07. The van der Waals surface area contributed by atoms with Crippen LogP contribution < -0.4 is 0 Å². The van der Waals surface area contributed by atoms with Crippen LogP contribution in [0.15, 0.2) is 18.2 Å². The third kappa shape index (κ3) is 1.47. The number of hydrogen-bond acceptors (Lipinski definition) is 3. The maximum Gasteiger partial charge on any atom is 0.136 e. The Balaban J connectivity index is 2.49. The van der Waals surface area contributed by atoms with Crippen LogP contribution in [-0.4, -0.2) is 10.9 Å². The van der Waals surface area contributed by atoms with Gasteiger partial charge < -0.3 is 5.11 Å². The van der Waals surface area contributed by atoms with Crippen molar-refractivity contribution >= 4 is 17.4 Å². The van der Waals surface area contributed by atoms with E-state index in [1.807, 2.05) is 0 Å². The molecule has 0 heterocycles. The van der Waals surface area contributed by atoms with Gasteiger partial charge in [0, 0.05) is 23.4 Å². The van der Waals surface area contributed by atoms with E-state index in [0.29, 0.717) is 10.6 Å². The van der Waals surface area contributed by atoms with E-state index < -0.39 is 5.41 Å². The Kier molecular flexibility index (Phi) is 2.17. The highest BCUT2D eigenvalue weighted by atomic mass is 35.5. The number of phenols is 1. The summed E-state index contributed by atoms with van der Waals surface area (Å²) in [4.78, 5) is 11.0. The first kappa shape index (κ1) is 10.0. The maximum absolute atomic E-state index is 11.0. The molecule has 3 nitrogen and oxygen atoms in total. The van der Waals surface area contributed by atoms with E-state index in [-0.39, 0.29) is 24.4 Å². The molecule has 0 bridgehead atoms. The molecule has 1 fully saturated rings. The van der Waals surface area contributed by atoms with Crippen molar-refractivity contribution in [1.29, 1.82) is 5.26 Å². The van der Waals surface area contributed by atoms with Gasteiger partial charge in [-0.3, -0.25) is 4.79 Å². The average Bonchev–Trinajstić information content (AvgIpc) is 2.17. The first-order valence-electron chi connectivity index (χ1n) is 4.49. The molecule has 1 saturated carbocycles. The van der Waals surface area contributed by atoms with Crippen LogP contribution in [0.3, 0.4) is 0 Å². The summed E-state index contributed by atoms with van der Waals surface area (Å²) in [6.45, 7) is 0. The van der Waals surface area contributed by atoms with Gasteiger partial charge in [-0.25, -0.2) is 0 Å². The summed E-state index contributed by atoms with van der Waals surface area (Å²) in [5.74, 6) is 0.0596. The Morgan fingerprint density at radius 3 is 2.67 bits per heavy atom. The second kappa shape index (κ2) is 3.25. The summed E-state index contributed by atoms with van der Waals surface area (Å²) in [5.41, 5.74) is -0.413. The average molecular weight is 222 g/mol. The van der Waals surface area contributed by atoms with Crippen LogP contribution >= 0.6 is 11.6 Å². The first-order valence-corrected chi connectivity index (χ1v) is 4.87. The number of rotatable bonds is 1. The lowest BCUT2D eigenvalue weighted by Gasteiger charge is -2.34. The number of aromatic hydroxyl groups is 1. The highest BCUT2D eigenvalue weighted by Gasteiger charge is 2.47. The van der Waals surface area contributed by atoms with E-state index in [4.69, 9.17) is 16.9 Å². The molecule has 0 aromatic heterocycles. The molecule has 0 unspecified atom stereocenters. The van der Waals surface area contributed by atoms with Crippen LogP contribution in [0.25, 0.3) is 0 Å². The molecule has 1 N–H and O–H groups in total. The van der Waals surface area contributed by atoms with Crippen molar-refractivity contribution < 1.29 is 9.90 Å². The van der Waals surface area contributed by atoms with E-state index in [9.17, 15) is 9.90 Å². The van der Waals surface area contributed by atoms with Gasteiger partial charge in [0.25, 0.3) is 0 Å². The fourth-order valence-electron chi connectivity index (χ4n) is 1.84. The van der Waals surface area contributed by atoms with E-state index >= 15 is 0 Å². The summed E-state index contributed by atoms with van der Waals surface area (Å²) in [6, 6.07) is 6.63. The lowest BCUT2D eigenvalue weighted by molar-refractivity contribution is -0.126. The minimum Gasteiger partial charge on any atom is -0.508 e. The van der Waals surface area contributed by atoms with Gasteiger partial charge in [0.1, 0.15) is 11.5 Å². The highest BCUT2D eigenvalue weighted by Crippen LogP contribution is 2.44. The molecule has 1 aromatic rings. The Morgan fingerprint density at radius 1 is 1.47 bits per heavy atom. The number of carbonyl (C=O) groups is 1. The third-order valence-electron chi connectivity index (χ3n) is 2.69. The third-order valence-corrected chi connectivity index (χ3v) is 2.92. The van der Waals surface area contributed by atoms with Crippen molar-refractivity contribution in [2.24, 2.45) is 0 Å². The molecule has 0 radical (unpaired) electrons. The molecule has 0 amide bonds. The number of Topliss-reactive ketones (excluding diaryl/α,β-unsaturated/α-hetero) is 1. The maximum atomic E-state index is 11.0. The number of halogens is 1. The highest BCUT2D eigenvalue weighted by molar-refractivity contribution is 6.30. The predicted octanol–water partition coefficient (Wildman–Crippen LogP) is 2.17. The molecule has 0 aliphatic heterocycles. The zero-order chi connectivity index (χ0) is 11.1. The summed E-state index contributed by atoms with van der Waals surface area (Å²) >= 11 is 5.79. The summed E-state index contributed by atoms with van der Waals surface area (Å²) in [6.07, 6.45) is 0.328. The van der Waals surface area contributed by atoms with Gasteiger partial charge in [-0.1, -0.05) is 11.6 Å². The largest absolute Gasteiger partial charge is 0.508 e. The van der Waals surface area contributed by atoms with E-state index in [1.165, 1.54) is 6.07 Å². The van der Waals surface area contributed by atoms with Crippen LogP contribution in [0.2, 0.25) is 5.02 Å². The van der Waals surface area contributed by atoms with Crippen LogP contribution in [-0.2, 0) is 10.2 Å². The molecule has 0 spiro atoms. The molecule has 2 rings (SSSR count). The summed E-state index contributed by atoms with van der Waals surface area (Å²) < 4.78 is 0. The zero-order valence-electron chi connectivity index (χ0n) is 7.83. The topological polar surface area (TPSA) is 61.1 Å².